The third kappa shape index (κ3) is 3.74. The first-order chi connectivity index (χ1) is 8.05. The topological polar surface area (TPSA) is 43.4 Å². The third-order valence-electron chi connectivity index (χ3n) is 2.62. The van der Waals surface area contributed by atoms with Gasteiger partial charge in [-0.2, -0.15) is 0 Å². The van der Waals surface area contributed by atoms with Crippen molar-refractivity contribution in [3.63, 3.8) is 0 Å². The molecule has 0 spiro atoms. The van der Waals surface area contributed by atoms with Crippen LogP contribution in [0.25, 0.3) is 0 Å². The molecule has 0 aliphatic heterocycles. The number of hydrogen-bond donors (Lipinski definition) is 1. The van der Waals surface area contributed by atoms with Crippen LogP contribution in [-0.2, 0) is 28.2 Å². The van der Waals surface area contributed by atoms with Crippen molar-refractivity contribution in [2.24, 2.45) is 0 Å². The Balaban J connectivity index is 2.94. The molecule has 0 saturated carbocycles. The van der Waals surface area contributed by atoms with Gasteiger partial charge >= 0.3 is 0 Å². The molecular formula is C12H22N2O2S. The first-order valence-corrected chi connectivity index (χ1v) is 6.60. The molecule has 5 heteroatoms. The van der Waals surface area contributed by atoms with Crippen LogP contribution in [0.3, 0.4) is 0 Å². The Morgan fingerprint density at radius 3 is 2.59 bits per heavy atom. The number of methoxy groups -OCH3 is 2. The summed E-state index contributed by atoms with van der Waals surface area (Å²) in [5.41, 5.74) is 0.677. The Hall–Kier alpha value is -0.490. The van der Waals surface area contributed by atoms with E-state index in [2.05, 4.69) is 17.2 Å². The standard InChI is InChI=1S/C12H22N2O2S/c1-6-13-7-10-9(8-15-4)14-11(17-10)12(2,3)16-5/h13H,6-8H2,1-5H3. The number of nitrogens with zero attached hydrogens (tertiary/aromatic N) is 1. The van der Waals surface area contributed by atoms with Gasteiger partial charge in [0.05, 0.1) is 12.3 Å². The molecule has 0 aromatic carbocycles. The Bertz CT molecular complexity index is 350. The lowest BCUT2D eigenvalue weighted by Crippen LogP contribution is -2.19. The molecular weight excluding hydrogens is 236 g/mol. The van der Waals surface area contributed by atoms with E-state index in [9.17, 15) is 0 Å². The normalized spacial score (nSPS) is 12.1. The van der Waals surface area contributed by atoms with Crippen LogP contribution < -0.4 is 5.32 Å². The Kier molecular flexibility index (Phi) is 5.52. The molecule has 1 aromatic heterocycles. The summed E-state index contributed by atoms with van der Waals surface area (Å²) in [6.45, 7) is 8.49. The smallest absolute Gasteiger partial charge is 0.125 e. The lowest BCUT2D eigenvalue weighted by Gasteiger charge is -2.19. The van der Waals surface area contributed by atoms with E-state index in [0.29, 0.717) is 6.61 Å². The quantitative estimate of drug-likeness (QED) is 0.815. The summed E-state index contributed by atoms with van der Waals surface area (Å²) in [7, 11) is 3.40. The maximum atomic E-state index is 5.46. The molecule has 17 heavy (non-hydrogen) atoms. The summed E-state index contributed by atoms with van der Waals surface area (Å²) < 4.78 is 10.6. The van der Waals surface area contributed by atoms with E-state index in [1.54, 1.807) is 25.6 Å². The van der Waals surface area contributed by atoms with Crippen LogP contribution >= 0.6 is 11.3 Å². The molecule has 1 aromatic rings. The molecule has 0 unspecified atom stereocenters. The van der Waals surface area contributed by atoms with Crippen LogP contribution in [-0.4, -0.2) is 25.7 Å². The molecule has 0 amide bonds. The lowest BCUT2D eigenvalue weighted by molar-refractivity contribution is 0.0187. The SMILES string of the molecule is CCNCc1sc(C(C)(C)OC)nc1COC. The highest BCUT2D eigenvalue weighted by Crippen LogP contribution is 2.30. The highest BCUT2D eigenvalue weighted by Gasteiger charge is 2.25. The molecule has 0 fully saturated rings. The third-order valence-corrected chi connectivity index (χ3v) is 4.02. The van der Waals surface area contributed by atoms with E-state index in [4.69, 9.17) is 9.47 Å². The van der Waals surface area contributed by atoms with E-state index >= 15 is 0 Å². The molecule has 0 atom stereocenters. The molecule has 0 saturated heterocycles. The average molecular weight is 258 g/mol. The van der Waals surface area contributed by atoms with Crippen LogP contribution in [0.5, 0.6) is 0 Å². The maximum Gasteiger partial charge on any atom is 0.125 e. The summed E-state index contributed by atoms with van der Waals surface area (Å²) in [4.78, 5) is 5.85. The van der Waals surface area contributed by atoms with Gasteiger partial charge in [0.15, 0.2) is 0 Å². The zero-order chi connectivity index (χ0) is 12.9. The Morgan fingerprint density at radius 2 is 2.06 bits per heavy atom. The van der Waals surface area contributed by atoms with Crippen LogP contribution in [0.4, 0.5) is 0 Å². The zero-order valence-corrected chi connectivity index (χ0v) is 12.1. The van der Waals surface area contributed by atoms with E-state index < -0.39 is 0 Å². The van der Waals surface area contributed by atoms with E-state index in [-0.39, 0.29) is 5.60 Å². The van der Waals surface area contributed by atoms with Gasteiger partial charge in [0.1, 0.15) is 10.6 Å². The van der Waals surface area contributed by atoms with Crippen molar-refractivity contribution in [1.29, 1.82) is 0 Å². The summed E-state index contributed by atoms with van der Waals surface area (Å²) >= 11 is 1.69. The van der Waals surface area contributed by atoms with Gasteiger partial charge in [-0.3, -0.25) is 0 Å². The summed E-state index contributed by atoms with van der Waals surface area (Å²) in [5.74, 6) is 0. The highest BCUT2D eigenvalue weighted by molar-refractivity contribution is 7.11. The first-order valence-electron chi connectivity index (χ1n) is 5.79. The summed E-state index contributed by atoms with van der Waals surface area (Å²) in [6.07, 6.45) is 0. The van der Waals surface area contributed by atoms with Crippen molar-refractivity contribution in [1.82, 2.24) is 10.3 Å². The van der Waals surface area contributed by atoms with Crippen molar-refractivity contribution >= 4 is 11.3 Å². The fraction of sp³-hybridized carbons (Fsp3) is 0.750. The van der Waals surface area contributed by atoms with Crippen molar-refractivity contribution in [2.75, 3.05) is 20.8 Å². The Morgan fingerprint density at radius 1 is 1.35 bits per heavy atom. The molecule has 1 rings (SSSR count). The average Bonchev–Trinajstić information content (AvgIpc) is 2.71. The van der Waals surface area contributed by atoms with Crippen molar-refractivity contribution in [2.45, 2.75) is 39.5 Å². The molecule has 0 aliphatic carbocycles. The van der Waals surface area contributed by atoms with Gasteiger partial charge in [0.25, 0.3) is 0 Å². The molecule has 4 nitrogen and oxygen atoms in total. The Labute approximate surface area is 107 Å². The monoisotopic (exact) mass is 258 g/mol. The minimum absolute atomic E-state index is 0.336. The number of hydrogen-bond acceptors (Lipinski definition) is 5. The second-order valence-electron chi connectivity index (χ2n) is 4.32. The molecule has 98 valence electrons. The molecule has 1 heterocycles. The number of nitrogens with one attached hydrogen (secondary N) is 1. The predicted octanol–water partition coefficient (Wildman–Crippen LogP) is 2.28. The number of thiazole rings is 1. The predicted molar refractivity (Wildman–Crippen MR) is 70.2 cm³/mol. The largest absolute Gasteiger partial charge is 0.378 e. The number of ether oxygens (including phenoxy) is 2. The van der Waals surface area contributed by atoms with Crippen LogP contribution in [0.2, 0.25) is 0 Å². The van der Waals surface area contributed by atoms with Gasteiger partial charge < -0.3 is 14.8 Å². The molecule has 0 radical (unpaired) electrons. The zero-order valence-electron chi connectivity index (χ0n) is 11.3. The second-order valence-corrected chi connectivity index (χ2v) is 5.40. The van der Waals surface area contributed by atoms with Gasteiger partial charge in [-0.05, 0) is 20.4 Å². The van der Waals surface area contributed by atoms with Crippen molar-refractivity contribution < 1.29 is 9.47 Å². The number of rotatable bonds is 7. The van der Waals surface area contributed by atoms with E-state index in [1.807, 2.05) is 13.8 Å². The van der Waals surface area contributed by atoms with Gasteiger partial charge in [-0.1, -0.05) is 6.92 Å². The molecule has 0 aliphatic rings. The van der Waals surface area contributed by atoms with Crippen LogP contribution in [0.15, 0.2) is 0 Å². The first kappa shape index (κ1) is 14.6. The molecule has 1 N–H and O–H groups in total. The van der Waals surface area contributed by atoms with Crippen molar-refractivity contribution in [3.05, 3.63) is 15.6 Å². The fourth-order valence-corrected chi connectivity index (χ4v) is 2.47. The van der Waals surface area contributed by atoms with Gasteiger partial charge in [-0.25, -0.2) is 4.98 Å². The highest BCUT2D eigenvalue weighted by atomic mass is 32.1. The summed E-state index contributed by atoms with van der Waals surface area (Å²) in [5, 5.41) is 4.32. The van der Waals surface area contributed by atoms with Gasteiger partial charge in [-0.15, -0.1) is 11.3 Å². The summed E-state index contributed by atoms with van der Waals surface area (Å²) in [6, 6.07) is 0. The molecule has 0 bridgehead atoms. The van der Waals surface area contributed by atoms with Crippen molar-refractivity contribution in [3.8, 4) is 0 Å². The van der Waals surface area contributed by atoms with E-state index in [0.717, 1.165) is 23.8 Å². The minimum atomic E-state index is -0.336. The van der Waals surface area contributed by atoms with Gasteiger partial charge in [0.2, 0.25) is 0 Å². The minimum Gasteiger partial charge on any atom is -0.378 e. The number of aromatic nitrogens is 1. The van der Waals surface area contributed by atoms with Crippen LogP contribution in [0, 0.1) is 0 Å². The van der Waals surface area contributed by atoms with E-state index in [1.165, 1.54) is 4.88 Å². The van der Waals surface area contributed by atoms with Crippen LogP contribution in [0.1, 0.15) is 36.3 Å². The fourth-order valence-electron chi connectivity index (χ4n) is 1.35. The maximum absolute atomic E-state index is 5.46. The van der Waals surface area contributed by atoms with Gasteiger partial charge in [0, 0.05) is 25.6 Å². The lowest BCUT2D eigenvalue weighted by atomic mass is 10.1. The second kappa shape index (κ2) is 6.44.